The van der Waals surface area contributed by atoms with Gasteiger partial charge in [-0.05, 0) is 31.0 Å². The number of amides is 1. The van der Waals surface area contributed by atoms with E-state index in [0.717, 1.165) is 19.0 Å². The van der Waals surface area contributed by atoms with E-state index in [1.165, 1.54) is 24.6 Å². The molecule has 3 aromatic heterocycles. The number of hydrogen-bond donors (Lipinski definition) is 1. The van der Waals surface area contributed by atoms with Crippen LogP contribution in [0.25, 0.3) is 11.4 Å². The Balaban J connectivity index is 1.40. The van der Waals surface area contributed by atoms with Gasteiger partial charge in [0.1, 0.15) is 24.4 Å². The van der Waals surface area contributed by atoms with Crippen LogP contribution in [0.15, 0.2) is 47.4 Å². The summed E-state index contributed by atoms with van der Waals surface area (Å²) < 4.78 is 23.6. The van der Waals surface area contributed by atoms with E-state index in [4.69, 9.17) is 9.26 Å². The summed E-state index contributed by atoms with van der Waals surface area (Å²) in [4.78, 5) is 20.1. The monoisotopic (exact) mass is 354 g/mol. The zero-order chi connectivity index (χ0) is 17.9. The van der Waals surface area contributed by atoms with E-state index in [1.807, 2.05) is 0 Å². The summed E-state index contributed by atoms with van der Waals surface area (Å²) in [5.41, 5.74) is 2.11. The highest BCUT2D eigenvalue weighted by atomic mass is 19.1. The lowest BCUT2D eigenvalue weighted by Crippen LogP contribution is -2.25. The van der Waals surface area contributed by atoms with Gasteiger partial charge in [-0.15, -0.1) is 0 Å². The van der Waals surface area contributed by atoms with E-state index in [0.29, 0.717) is 34.4 Å². The Hall–Kier alpha value is -3.29. The highest BCUT2D eigenvalue weighted by Crippen LogP contribution is 2.22. The van der Waals surface area contributed by atoms with Gasteiger partial charge in [-0.25, -0.2) is 9.37 Å². The summed E-state index contributed by atoms with van der Waals surface area (Å²) in [6.45, 7) is 0.151. The smallest absolute Gasteiger partial charge is 0.253 e. The Morgan fingerprint density at radius 3 is 2.81 bits per heavy atom. The fourth-order valence-electron chi connectivity index (χ4n) is 2.33. The number of nitrogens with one attached hydrogen (secondary N) is 1. The Morgan fingerprint density at radius 2 is 2.12 bits per heavy atom. The lowest BCUT2D eigenvalue weighted by molar-refractivity contribution is 0.0950. The molecule has 7 nitrogen and oxygen atoms in total. The molecule has 1 N–H and O–H groups in total. The van der Waals surface area contributed by atoms with E-state index in [2.05, 4.69) is 20.4 Å². The second-order valence-corrected chi connectivity index (χ2v) is 5.97. The van der Waals surface area contributed by atoms with Crippen LogP contribution in [0.4, 0.5) is 4.39 Å². The molecule has 1 aliphatic rings. The maximum atomic E-state index is 13.0. The molecule has 3 heterocycles. The van der Waals surface area contributed by atoms with Gasteiger partial charge in [0.15, 0.2) is 0 Å². The average molecular weight is 354 g/mol. The highest BCUT2D eigenvalue weighted by Gasteiger charge is 2.23. The predicted octanol–water partition coefficient (Wildman–Crippen LogP) is 2.74. The molecule has 1 aliphatic carbocycles. The van der Waals surface area contributed by atoms with Crippen molar-refractivity contribution in [1.82, 2.24) is 20.4 Å². The lowest BCUT2D eigenvalue weighted by atomic mass is 10.2. The number of carbonyl (C=O) groups is 1. The number of aromatic nitrogens is 3. The summed E-state index contributed by atoms with van der Waals surface area (Å²) >= 11 is 0. The minimum atomic E-state index is -0.426. The number of pyridine rings is 2. The molecule has 0 unspecified atom stereocenters. The number of carbonyl (C=O) groups excluding carboxylic acids is 1. The topological polar surface area (TPSA) is 90.1 Å². The fourth-order valence-corrected chi connectivity index (χ4v) is 2.33. The molecule has 1 saturated carbocycles. The van der Waals surface area contributed by atoms with Crippen molar-refractivity contribution in [2.24, 2.45) is 0 Å². The SMILES string of the molecule is O=C(NC1CC1)c1ccc(OCc2conc2-c2ccc(F)cn2)nc1. The molecule has 1 fully saturated rings. The maximum absolute atomic E-state index is 13.0. The third-order valence-corrected chi connectivity index (χ3v) is 3.90. The number of ether oxygens (including phenoxy) is 1. The van der Waals surface area contributed by atoms with Crippen molar-refractivity contribution in [3.63, 3.8) is 0 Å². The van der Waals surface area contributed by atoms with E-state index in [1.54, 1.807) is 12.1 Å². The fraction of sp³-hybridized carbons (Fsp3) is 0.222. The second-order valence-electron chi connectivity index (χ2n) is 5.97. The van der Waals surface area contributed by atoms with Gasteiger partial charge in [0.05, 0.1) is 23.0 Å². The standard InChI is InChI=1S/C18H15FN4O3/c19-13-2-5-15(20-8-13)17-12(10-26-23-17)9-25-16-6-1-11(7-21-16)18(24)22-14-3-4-14/h1-2,5-8,10,14H,3-4,9H2,(H,22,24). The molecule has 0 spiro atoms. The third-order valence-electron chi connectivity index (χ3n) is 3.90. The lowest BCUT2D eigenvalue weighted by Gasteiger charge is -2.06. The van der Waals surface area contributed by atoms with Gasteiger partial charge >= 0.3 is 0 Å². The van der Waals surface area contributed by atoms with E-state index in [9.17, 15) is 9.18 Å². The molecular formula is C18H15FN4O3. The van der Waals surface area contributed by atoms with Crippen molar-refractivity contribution in [1.29, 1.82) is 0 Å². The number of nitrogens with zero attached hydrogens (tertiary/aromatic N) is 3. The average Bonchev–Trinajstić information content (AvgIpc) is 3.35. The van der Waals surface area contributed by atoms with Crippen molar-refractivity contribution in [2.45, 2.75) is 25.5 Å². The zero-order valence-electron chi connectivity index (χ0n) is 13.7. The van der Waals surface area contributed by atoms with Crippen LogP contribution in [0.1, 0.15) is 28.8 Å². The number of rotatable bonds is 6. The van der Waals surface area contributed by atoms with Crippen LogP contribution in [-0.4, -0.2) is 27.1 Å². The normalized spacial score (nSPS) is 13.4. The molecule has 0 atom stereocenters. The van der Waals surface area contributed by atoms with Crippen molar-refractivity contribution < 1.29 is 18.4 Å². The minimum Gasteiger partial charge on any atom is -0.473 e. The summed E-state index contributed by atoms with van der Waals surface area (Å²) in [5, 5.41) is 6.79. The quantitative estimate of drug-likeness (QED) is 0.732. The van der Waals surface area contributed by atoms with Gasteiger partial charge in [-0.2, -0.15) is 0 Å². The Morgan fingerprint density at radius 1 is 1.23 bits per heavy atom. The van der Waals surface area contributed by atoms with Crippen LogP contribution in [0.2, 0.25) is 0 Å². The summed E-state index contributed by atoms with van der Waals surface area (Å²) in [7, 11) is 0. The molecule has 26 heavy (non-hydrogen) atoms. The van der Waals surface area contributed by atoms with Crippen molar-refractivity contribution >= 4 is 5.91 Å². The van der Waals surface area contributed by atoms with E-state index in [-0.39, 0.29) is 12.5 Å². The molecule has 132 valence electrons. The molecule has 0 radical (unpaired) electrons. The first-order valence-electron chi connectivity index (χ1n) is 8.14. The highest BCUT2D eigenvalue weighted by molar-refractivity contribution is 5.94. The van der Waals surface area contributed by atoms with Crippen LogP contribution in [-0.2, 0) is 6.61 Å². The van der Waals surface area contributed by atoms with Gasteiger partial charge in [0.2, 0.25) is 5.88 Å². The number of halogens is 1. The molecular weight excluding hydrogens is 339 g/mol. The van der Waals surface area contributed by atoms with Crippen LogP contribution in [0.5, 0.6) is 5.88 Å². The maximum Gasteiger partial charge on any atom is 0.253 e. The van der Waals surface area contributed by atoms with Crippen LogP contribution in [0.3, 0.4) is 0 Å². The first-order chi connectivity index (χ1) is 12.7. The molecule has 8 heteroatoms. The minimum absolute atomic E-state index is 0.129. The predicted molar refractivity (Wildman–Crippen MR) is 88.7 cm³/mol. The second kappa shape index (κ2) is 6.91. The van der Waals surface area contributed by atoms with E-state index >= 15 is 0 Å². The molecule has 3 aromatic rings. The van der Waals surface area contributed by atoms with E-state index < -0.39 is 5.82 Å². The van der Waals surface area contributed by atoms with Gasteiger partial charge in [0, 0.05) is 18.3 Å². The summed E-state index contributed by atoms with van der Waals surface area (Å²) in [6.07, 6.45) is 6.09. The first kappa shape index (κ1) is 16.2. The largest absolute Gasteiger partial charge is 0.473 e. The van der Waals surface area contributed by atoms with Gasteiger partial charge in [-0.3, -0.25) is 9.78 Å². The van der Waals surface area contributed by atoms with Crippen molar-refractivity contribution in [3.05, 3.63) is 59.9 Å². The molecule has 0 aromatic carbocycles. The zero-order valence-corrected chi connectivity index (χ0v) is 13.7. The molecule has 1 amide bonds. The molecule has 0 bridgehead atoms. The van der Waals surface area contributed by atoms with Crippen molar-refractivity contribution in [3.8, 4) is 17.3 Å². The Labute approximate surface area is 148 Å². The number of hydrogen-bond acceptors (Lipinski definition) is 6. The first-order valence-corrected chi connectivity index (χ1v) is 8.14. The van der Waals surface area contributed by atoms with Crippen LogP contribution in [0, 0.1) is 5.82 Å². The summed E-state index contributed by atoms with van der Waals surface area (Å²) in [6, 6.07) is 6.41. The Kier molecular flexibility index (Phi) is 4.30. The van der Waals surface area contributed by atoms with Gasteiger partial charge in [-0.1, -0.05) is 5.16 Å². The van der Waals surface area contributed by atoms with Gasteiger partial charge in [0.25, 0.3) is 5.91 Å². The third kappa shape index (κ3) is 3.69. The molecule has 0 saturated heterocycles. The molecule has 0 aliphatic heterocycles. The van der Waals surface area contributed by atoms with Crippen LogP contribution >= 0.6 is 0 Å². The van der Waals surface area contributed by atoms with Gasteiger partial charge < -0.3 is 14.6 Å². The summed E-state index contributed by atoms with van der Waals surface area (Å²) in [5.74, 6) is -0.188. The Bertz CT molecular complexity index is 905. The molecule has 4 rings (SSSR count). The van der Waals surface area contributed by atoms with Crippen molar-refractivity contribution in [2.75, 3.05) is 0 Å². The van der Waals surface area contributed by atoms with Crippen LogP contribution < -0.4 is 10.1 Å².